The summed E-state index contributed by atoms with van der Waals surface area (Å²) in [5.41, 5.74) is 0.859. The lowest BCUT2D eigenvalue weighted by Gasteiger charge is -2.37. The van der Waals surface area contributed by atoms with Crippen LogP contribution in [0.4, 0.5) is 13.2 Å². The van der Waals surface area contributed by atoms with E-state index in [0.717, 1.165) is 56.7 Å². The van der Waals surface area contributed by atoms with Gasteiger partial charge in [0, 0.05) is 29.1 Å². The van der Waals surface area contributed by atoms with Gasteiger partial charge in [-0.2, -0.15) is 13.2 Å². The summed E-state index contributed by atoms with van der Waals surface area (Å²) in [7, 11) is -2.63. The highest BCUT2D eigenvalue weighted by Gasteiger charge is 2.34. The number of likely N-dealkylation sites (tertiary alicyclic amines) is 2. The van der Waals surface area contributed by atoms with Gasteiger partial charge in [0.25, 0.3) is 5.91 Å². The van der Waals surface area contributed by atoms with Crippen LogP contribution in [0.15, 0.2) is 71.6 Å². The zero-order chi connectivity index (χ0) is 35.6. The van der Waals surface area contributed by atoms with E-state index >= 15 is 0 Å². The van der Waals surface area contributed by atoms with Crippen LogP contribution in [0.5, 0.6) is 5.75 Å². The molecule has 0 radical (unpaired) electrons. The molecule has 2 saturated heterocycles. The van der Waals surface area contributed by atoms with Crippen molar-refractivity contribution in [1.29, 1.82) is 0 Å². The smallest absolute Gasteiger partial charge is 0.416 e. The summed E-state index contributed by atoms with van der Waals surface area (Å²) in [6, 6.07) is 17.4. The number of ether oxygens (including phenoxy) is 1. The quantitative estimate of drug-likeness (QED) is 0.185. The van der Waals surface area contributed by atoms with Crippen molar-refractivity contribution in [2.24, 2.45) is 0 Å². The third-order valence-electron chi connectivity index (χ3n) is 10.0. The van der Waals surface area contributed by atoms with Gasteiger partial charge >= 0.3 is 6.18 Å². The molecule has 1 N–H and O–H groups in total. The molecule has 1 atom stereocenters. The van der Waals surface area contributed by atoms with Crippen molar-refractivity contribution in [1.82, 2.24) is 20.1 Å². The van der Waals surface area contributed by atoms with Crippen LogP contribution in [0.25, 0.3) is 22.2 Å². The molecule has 8 nitrogen and oxygen atoms in total. The molecule has 50 heavy (non-hydrogen) atoms. The van der Waals surface area contributed by atoms with Crippen molar-refractivity contribution < 1.29 is 31.1 Å². The van der Waals surface area contributed by atoms with Gasteiger partial charge in [-0.15, -0.1) is 0 Å². The monoisotopic (exact) mass is 708 g/mol. The summed E-state index contributed by atoms with van der Waals surface area (Å²) in [5.74, 6) is -0.708. The van der Waals surface area contributed by atoms with Crippen molar-refractivity contribution in [3.63, 3.8) is 0 Å². The average molecular weight is 709 g/mol. The molecule has 0 unspecified atom stereocenters. The number of nitrogens with one attached hydrogen (secondary N) is 1. The molecule has 0 aliphatic carbocycles. The molecular weight excluding hydrogens is 666 g/mol. The first kappa shape index (κ1) is 35.8. The summed E-state index contributed by atoms with van der Waals surface area (Å²) in [4.78, 5) is 24.0. The first-order valence-corrected chi connectivity index (χ1v) is 18.8. The number of carbonyl (C=O) groups excluding carboxylic acids is 1. The molecule has 0 spiro atoms. The van der Waals surface area contributed by atoms with Gasteiger partial charge in [-0.3, -0.25) is 9.69 Å². The van der Waals surface area contributed by atoms with Crippen molar-refractivity contribution in [3.8, 4) is 17.0 Å². The van der Waals surface area contributed by atoms with Gasteiger partial charge in [0.1, 0.15) is 10.6 Å². The van der Waals surface area contributed by atoms with Gasteiger partial charge in [0.2, 0.25) is 0 Å². The molecule has 3 aromatic carbocycles. The van der Waals surface area contributed by atoms with E-state index in [1.807, 2.05) is 37.3 Å². The van der Waals surface area contributed by atoms with Crippen molar-refractivity contribution in [2.75, 3.05) is 39.0 Å². The fourth-order valence-corrected chi connectivity index (χ4v) is 8.49. The third kappa shape index (κ3) is 7.38. The number of nitrogens with zero attached hydrogens (tertiary/aromatic N) is 3. The zero-order valence-corrected chi connectivity index (χ0v) is 29.4. The Hall–Kier alpha value is -4.00. The average Bonchev–Trinajstić information content (AvgIpc) is 3.66. The number of sulfone groups is 1. The van der Waals surface area contributed by atoms with Gasteiger partial charge < -0.3 is 15.0 Å². The molecule has 6 rings (SSSR count). The van der Waals surface area contributed by atoms with E-state index in [0.29, 0.717) is 11.6 Å². The predicted octanol–water partition coefficient (Wildman–Crippen LogP) is 7.27. The minimum Gasteiger partial charge on any atom is -0.495 e. The van der Waals surface area contributed by atoms with Crippen LogP contribution in [0, 0.1) is 0 Å². The van der Waals surface area contributed by atoms with E-state index in [2.05, 4.69) is 15.1 Å². The van der Waals surface area contributed by atoms with Gasteiger partial charge in [0.05, 0.1) is 41.2 Å². The summed E-state index contributed by atoms with van der Waals surface area (Å²) in [5, 5.41) is 3.37. The highest BCUT2D eigenvalue weighted by molar-refractivity contribution is 7.91. The van der Waals surface area contributed by atoms with Crippen molar-refractivity contribution in [2.45, 2.75) is 69.2 Å². The van der Waals surface area contributed by atoms with Gasteiger partial charge in [-0.1, -0.05) is 49.4 Å². The third-order valence-corrected chi connectivity index (χ3v) is 11.8. The predicted molar refractivity (Wildman–Crippen MR) is 188 cm³/mol. The number of methoxy groups -OCH3 is 1. The zero-order valence-electron chi connectivity index (χ0n) is 28.6. The number of fused-ring (bicyclic) bond motifs is 1. The molecule has 0 saturated carbocycles. The number of piperidine rings is 1. The summed E-state index contributed by atoms with van der Waals surface area (Å²) in [6.45, 7) is 7.25. The molecule has 2 aliphatic rings. The number of amides is 1. The highest BCUT2D eigenvalue weighted by atomic mass is 32.2. The maximum absolute atomic E-state index is 14.6. The largest absolute Gasteiger partial charge is 0.495 e. The van der Waals surface area contributed by atoms with Crippen LogP contribution in [0.3, 0.4) is 0 Å². The molecule has 4 aromatic rings. The number of carbonyl (C=O) groups is 1. The topological polar surface area (TPSA) is 91.8 Å². The molecule has 1 aromatic heterocycles. The molecule has 3 heterocycles. The van der Waals surface area contributed by atoms with Crippen LogP contribution in [0.1, 0.15) is 72.6 Å². The highest BCUT2D eigenvalue weighted by Crippen LogP contribution is 2.40. The van der Waals surface area contributed by atoms with Crippen LogP contribution >= 0.6 is 0 Å². The fraction of sp³-hybridized carbons (Fsp3) is 0.421. The van der Waals surface area contributed by atoms with Gasteiger partial charge in [-0.05, 0) is 88.6 Å². The van der Waals surface area contributed by atoms with E-state index in [-0.39, 0.29) is 50.7 Å². The maximum Gasteiger partial charge on any atom is 0.416 e. The summed E-state index contributed by atoms with van der Waals surface area (Å²) in [6.07, 6.45) is -0.367. The number of alkyl halides is 3. The number of benzene rings is 3. The number of rotatable bonds is 10. The second-order valence-corrected chi connectivity index (χ2v) is 15.4. The Morgan fingerprint density at radius 3 is 2.34 bits per heavy atom. The summed E-state index contributed by atoms with van der Waals surface area (Å²) < 4.78 is 74.9. The molecule has 2 aliphatic heterocycles. The number of hydrogen-bond donors (Lipinski definition) is 1. The molecule has 0 bridgehead atoms. The van der Waals surface area contributed by atoms with Crippen LogP contribution in [0.2, 0.25) is 0 Å². The Labute approximate surface area is 291 Å². The van der Waals surface area contributed by atoms with Crippen LogP contribution in [-0.2, 0) is 22.6 Å². The van der Waals surface area contributed by atoms with Gasteiger partial charge in [0.15, 0.2) is 9.84 Å². The lowest BCUT2D eigenvalue weighted by atomic mass is 9.93. The lowest BCUT2D eigenvalue weighted by Crippen LogP contribution is -2.43. The first-order chi connectivity index (χ1) is 23.9. The lowest BCUT2D eigenvalue weighted by molar-refractivity contribution is -0.137. The Balaban J connectivity index is 1.57. The fourth-order valence-electron chi connectivity index (χ4n) is 7.29. The summed E-state index contributed by atoms with van der Waals surface area (Å²) >= 11 is 0. The van der Waals surface area contributed by atoms with E-state index < -0.39 is 33.5 Å². The second-order valence-electron chi connectivity index (χ2n) is 13.1. The minimum atomic E-state index is -4.63. The Kier molecular flexibility index (Phi) is 10.5. The molecule has 2 fully saturated rings. The standard InChI is InChI=1S/C38H43F3N4O4S/c1-4-50(47,48)36-32(49-3)16-15-30-33(37(46)42-25(2)26-11-6-5-7-12-26)31(24-44-21-17-29(18-22-44)45-19-8-9-20-45)34(43-35(30)36)27-13-10-14-28(23-27)38(39,40)41/h5-7,10-16,23,25,29H,4,8-9,17-22,24H2,1-3H3,(H,42,46)/t25-/m0/s1. The number of aromatic nitrogens is 1. The second kappa shape index (κ2) is 14.7. The van der Waals surface area contributed by atoms with E-state index in [1.165, 1.54) is 45.1 Å². The number of halogens is 3. The molecule has 1 amide bonds. The Bertz CT molecular complexity index is 1960. The maximum atomic E-state index is 14.6. The molecular formula is C38H43F3N4O4S. The van der Waals surface area contributed by atoms with E-state index in [4.69, 9.17) is 9.72 Å². The van der Waals surface area contributed by atoms with Crippen molar-refractivity contribution >= 4 is 26.6 Å². The number of hydrogen-bond acceptors (Lipinski definition) is 7. The van der Waals surface area contributed by atoms with Crippen molar-refractivity contribution in [3.05, 3.63) is 89.0 Å². The van der Waals surface area contributed by atoms with Crippen LogP contribution < -0.4 is 10.1 Å². The molecule has 266 valence electrons. The first-order valence-electron chi connectivity index (χ1n) is 17.2. The molecule has 12 heteroatoms. The normalized spacial score (nSPS) is 17.2. The Morgan fingerprint density at radius 1 is 1.00 bits per heavy atom. The van der Waals surface area contributed by atoms with E-state index in [1.54, 1.807) is 6.07 Å². The van der Waals surface area contributed by atoms with E-state index in [9.17, 15) is 26.4 Å². The number of pyridine rings is 1. The SMILES string of the molecule is CCS(=O)(=O)c1c(OC)ccc2c(C(=O)N[C@@H](C)c3ccccc3)c(CN3CCC(N4CCCC4)CC3)c(-c3cccc(C(F)(F)F)c3)nc12. The van der Waals surface area contributed by atoms with Gasteiger partial charge in [-0.25, -0.2) is 13.4 Å². The Morgan fingerprint density at radius 2 is 1.70 bits per heavy atom. The minimum absolute atomic E-state index is 0.0207. The van der Waals surface area contributed by atoms with Crippen LogP contribution in [-0.4, -0.2) is 74.2 Å².